The third-order valence-corrected chi connectivity index (χ3v) is 3.95. The lowest BCUT2D eigenvalue weighted by Gasteiger charge is -2.24. The summed E-state index contributed by atoms with van der Waals surface area (Å²) in [6, 6.07) is 3.41. The van der Waals surface area contributed by atoms with Crippen LogP contribution in [0.3, 0.4) is 0 Å². The van der Waals surface area contributed by atoms with Crippen LogP contribution in [-0.2, 0) is 4.79 Å². The van der Waals surface area contributed by atoms with Gasteiger partial charge in [-0.15, -0.1) is 0 Å². The molecule has 1 aliphatic heterocycles. The van der Waals surface area contributed by atoms with Gasteiger partial charge in [-0.25, -0.2) is 9.59 Å². The zero-order valence-electron chi connectivity index (χ0n) is 10.8. The molecule has 0 bridgehead atoms. The minimum atomic E-state index is -0.998. The fraction of sp³-hybridized carbons (Fsp3) is 0.385. The van der Waals surface area contributed by atoms with Crippen LogP contribution < -0.4 is 5.32 Å². The van der Waals surface area contributed by atoms with E-state index in [0.29, 0.717) is 28.7 Å². The second kappa shape index (κ2) is 5.89. The van der Waals surface area contributed by atoms with Crippen molar-refractivity contribution in [1.29, 1.82) is 0 Å². The quantitative estimate of drug-likeness (QED) is 0.879. The predicted molar refractivity (Wildman–Crippen MR) is 77.4 cm³/mol. The Kier molecular flexibility index (Phi) is 4.40. The fourth-order valence-electron chi connectivity index (χ4n) is 2.33. The average molecular weight is 317 g/mol. The van der Waals surface area contributed by atoms with E-state index in [-0.39, 0.29) is 5.92 Å². The number of amides is 2. The van der Waals surface area contributed by atoms with Crippen molar-refractivity contribution in [1.82, 2.24) is 4.90 Å². The standard InChI is InChI=1S/C13H14Cl2N2O3/c1-7-4-5-17(11(7)12(18)19)13(20)16-10-6-8(14)2-3-9(10)15/h2-3,6-7,11H,4-5H2,1H3,(H,16,20)(H,18,19). The van der Waals surface area contributed by atoms with Gasteiger partial charge in [0, 0.05) is 11.6 Å². The number of carbonyl (C=O) groups is 2. The Balaban J connectivity index is 2.16. The van der Waals surface area contributed by atoms with Gasteiger partial charge in [-0.1, -0.05) is 30.1 Å². The first-order chi connectivity index (χ1) is 9.40. The molecule has 1 aliphatic rings. The number of halogens is 2. The first kappa shape index (κ1) is 14.9. The molecule has 2 amide bonds. The number of carbonyl (C=O) groups excluding carboxylic acids is 1. The summed E-state index contributed by atoms with van der Waals surface area (Å²) in [5, 5.41) is 12.6. The largest absolute Gasteiger partial charge is 0.480 e. The topological polar surface area (TPSA) is 69.6 Å². The van der Waals surface area contributed by atoms with Gasteiger partial charge in [0.15, 0.2) is 0 Å². The van der Waals surface area contributed by atoms with Crippen LogP contribution in [0.1, 0.15) is 13.3 Å². The number of likely N-dealkylation sites (tertiary alicyclic amines) is 1. The zero-order chi connectivity index (χ0) is 14.9. The molecule has 1 saturated heterocycles. The predicted octanol–water partition coefficient (Wildman–Crippen LogP) is 3.32. The second-order valence-electron chi connectivity index (χ2n) is 4.80. The molecule has 0 radical (unpaired) electrons. The summed E-state index contributed by atoms with van der Waals surface area (Å²) < 4.78 is 0. The van der Waals surface area contributed by atoms with Crippen LogP contribution in [0.15, 0.2) is 18.2 Å². The van der Waals surface area contributed by atoms with Gasteiger partial charge in [0.2, 0.25) is 0 Å². The summed E-state index contributed by atoms with van der Waals surface area (Å²) in [7, 11) is 0. The highest BCUT2D eigenvalue weighted by Crippen LogP contribution is 2.28. The maximum absolute atomic E-state index is 12.2. The van der Waals surface area contributed by atoms with Crippen LogP contribution >= 0.6 is 23.2 Å². The highest BCUT2D eigenvalue weighted by molar-refractivity contribution is 6.35. The van der Waals surface area contributed by atoms with Crippen LogP contribution in [0.4, 0.5) is 10.5 Å². The van der Waals surface area contributed by atoms with E-state index >= 15 is 0 Å². The van der Waals surface area contributed by atoms with E-state index in [2.05, 4.69) is 5.32 Å². The van der Waals surface area contributed by atoms with Crippen LogP contribution in [0.2, 0.25) is 10.0 Å². The van der Waals surface area contributed by atoms with E-state index in [4.69, 9.17) is 23.2 Å². The molecule has 5 nitrogen and oxygen atoms in total. The lowest BCUT2D eigenvalue weighted by molar-refractivity contribution is -0.142. The van der Waals surface area contributed by atoms with Crippen molar-refractivity contribution in [2.24, 2.45) is 5.92 Å². The van der Waals surface area contributed by atoms with E-state index in [1.807, 2.05) is 6.92 Å². The van der Waals surface area contributed by atoms with Gasteiger partial charge in [-0.3, -0.25) is 0 Å². The van der Waals surface area contributed by atoms with Crippen molar-refractivity contribution in [2.45, 2.75) is 19.4 Å². The molecule has 2 atom stereocenters. The van der Waals surface area contributed by atoms with Crippen LogP contribution in [-0.4, -0.2) is 34.6 Å². The van der Waals surface area contributed by atoms with Gasteiger partial charge >= 0.3 is 12.0 Å². The van der Waals surface area contributed by atoms with Crippen molar-refractivity contribution in [2.75, 3.05) is 11.9 Å². The Morgan fingerprint density at radius 2 is 2.10 bits per heavy atom. The van der Waals surface area contributed by atoms with Crippen molar-refractivity contribution in [3.8, 4) is 0 Å². The highest BCUT2D eigenvalue weighted by Gasteiger charge is 2.39. The molecule has 0 saturated carbocycles. The molecule has 1 aromatic carbocycles. The third kappa shape index (κ3) is 2.99. The Morgan fingerprint density at radius 3 is 2.75 bits per heavy atom. The summed E-state index contributed by atoms with van der Waals surface area (Å²) in [6.07, 6.45) is 0.660. The summed E-state index contributed by atoms with van der Waals surface area (Å²) in [5.41, 5.74) is 0.368. The number of nitrogens with one attached hydrogen (secondary N) is 1. The number of urea groups is 1. The molecule has 1 heterocycles. The van der Waals surface area contributed by atoms with Crippen LogP contribution in [0, 0.1) is 5.92 Å². The maximum Gasteiger partial charge on any atom is 0.326 e. The Labute approximate surface area is 126 Å². The van der Waals surface area contributed by atoms with Crippen molar-refractivity contribution >= 4 is 40.9 Å². The van der Waals surface area contributed by atoms with Crippen LogP contribution in [0.25, 0.3) is 0 Å². The number of aliphatic carboxylic acids is 1. The van der Waals surface area contributed by atoms with E-state index < -0.39 is 18.0 Å². The Morgan fingerprint density at radius 1 is 1.40 bits per heavy atom. The molecule has 1 aromatic rings. The monoisotopic (exact) mass is 316 g/mol. The number of nitrogens with zero attached hydrogens (tertiary/aromatic N) is 1. The van der Waals surface area contributed by atoms with Gasteiger partial charge in [-0.05, 0) is 30.5 Å². The normalized spacial score (nSPS) is 21.9. The molecule has 0 aromatic heterocycles. The zero-order valence-corrected chi connectivity index (χ0v) is 12.3. The highest BCUT2D eigenvalue weighted by atomic mass is 35.5. The van der Waals surface area contributed by atoms with Gasteiger partial charge in [0.25, 0.3) is 0 Å². The summed E-state index contributed by atoms with van der Waals surface area (Å²) in [4.78, 5) is 24.7. The number of carboxylic acid groups (broad SMARTS) is 1. The number of hydrogen-bond acceptors (Lipinski definition) is 2. The second-order valence-corrected chi connectivity index (χ2v) is 5.64. The SMILES string of the molecule is CC1CCN(C(=O)Nc2cc(Cl)ccc2Cl)C1C(=O)O. The first-order valence-corrected chi connectivity index (χ1v) is 6.91. The molecular formula is C13H14Cl2N2O3. The summed E-state index contributed by atoms with van der Waals surface area (Å²) >= 11 is 11.8. The van der Waals surface area contributed by atoms with E-state index in [0.717, 1.165) is 0 Å². The summed E-state index contributed by atoms with van der Waals surface area (Å²) in [5.74, 6) is -1.07. The molecule has 1 fully saturated rings. The minimum Gasteiger partial charge on any atom is -0.480 e. The average Bonchev–Trinajstić information content (AvgIpc) is 2.76. The lowest BCUT2D eigenvalue weighted by atomic mass is 10.0. The van der Waals surface area contributed by atoms with Gasteiger partial charge in [-0.2, -0.15) is 0 Å². The number of benzene rings is 1. The molecular weight excluding hydrogens is 303 g/mol. The molecule has 108 valence electrons. The number of carboxylic acids is 1. The smallest absolute Gasteiger partial charge is 0.326 e. The third-order valence-electron chi connectivity index (χ3n) is 3.38. The molecule has 20 heavy (non-hydrogen) atoms. The first-order valence-electron chi connectivity index (χ1n) is 6.15. The van der Waals surface area contributed by atoms with Gasteiger partial charge in [0.05, 0.1) is 10.7 Å². The van der Waals surface area contributed by atoms with Gasteiger partial charge in [0.1, 0.15) is 6.04 Å². The molecule has 2 N–H and O–H groups in total. The minimum absolute atomic E-state index is 0.0758. The van der Waals surface area contributed by atoms with Crippen molar-refractivity contribution < 1.29 is 14.7 Å². The molecule has 7 heteroatoms. The lowest BCUT2D eigenvalue weighted by Crippen LogP contribution is -2.44. The van der Waals surface area contributed by atoms with Crippen molar-refractivity contribution in [3.05, 3.63) is 28.2 Å². The Bertz CT molecular complexity index is 550. The Hall–Kier alpha value is -1.46. The van der Waals surface area contributed by atoms with Crippen molar-refractivity contribution in [3.63, 3.8) is 0 Å². The molecule has 0 aliphatic carbocycles. The van der Waals surface area contributed by atoms with Crippen LogP contribution in [0.5, 0.6) is 0 Å². The number of rotatable bonds is 2. The van der Waals surface area contributed by atoms with Gasteiger partial charge < -0.3 is 15.3 Å². The number of anilines is 1. The summed E-state index contributed by atoms with van der Waals surface area (Å²) in [6.45, 7) is 2.22. The van der Waals surface area contributed by atoms with E-state index in [9.17, 15) is 14.7 Å². The molecule has 0 spiro atoms. The molecule has 2 unspecified atom stereocenters. The van der Waals surface area contributed by atoms with E-state index in [1.54, 1.807) is 12.1 Å². The number of hydrogen-bond donors (Lipinski definition) is 2. The maximum atomic E-state index is 12.2. The van der Waals surface area contributed by atoms with E-state index in [1.165, 1.54) is 11.0 Å². The molecule has 2 rings (SSSR count). The fourth-order valence-corrected chi connectivity index (χ4v) is 2.67.